The fraction of sp³-hybridized carbons (Fsp3) is 0.444. The molecule has 0 aromatic carbocycles. The third-order valence-corrected chi connectivity index (χ3v) is 1.97. The van der Waals surface area contributed by atoms with Gasteiger partial charge in [0.1, 0.15) is 11.9 Å². The molecule has 0 bridgehead atoms. The quantitative estimate of drug-likeness (QED) is 0.849. The zero-order chi connectivity index (χ0) is 8.23. The smallest absolute Gasteiger partial charge is 0.122 e. The van der Waals surface area contributed by atoms with Gasteiger partial charge in [0.15, 0.2) is 0 Å². The van der Waals surface area contributed by atoms with Crippen molar-refractivity contribution in [1.82, 2.24) is 10.3 Å². The van der Waals surface area contributed by atoms with Crippen LogP contribution in [0.3, 0.4) is 0 Å². The lowest BCUT2D eigenvalue weighted by molar-refractivity contribution is 0.223. The number of aromatic nitrogens is 1. The molecule has 1 aliphatic rings. The molecule has 1 saturated heterocycles. The minimum atomic E-state index is 0. The molecule has 1 atom stereocenters. The van der Waals surface area contributed by atoms with Gasteiger partial charge in [0.25, 0.3) is 0 Å². The number of hydrogen-bond acceptors (Lipinski definition) is 3. The standard InChI is InChI=1S/C9H12N2O.2ClH/c1-4-10-5-2-8(1)12-9-3-6-11-7-9;;/h1-2,4-5,9,11H,3,6-7H2;2*1H. The van der Waals surface area contributed by atoms with Gasteiger partial charge in [-0.1, -0.05) is 0 Å². The van der Waals surface area contributed by atoms with Crippen LogP contribution in [0.15, 0.2) is 24.5 Å². The van der Waals surface area contributed by atoms with Gasteiger partial charge in [-0.05, 0) is 25.1 Å². The number of ether oxygens (including phenoxy) is 1. The largest absolute Gasteiger partial charge is 0.489 e. The van der Waals surface area contributed by atoms with Crippen LogP contribution >= 0.6 is 24.8 Å². The van der Waals surface area contributed by atoms with E-state index in [0.29, 0.717) is 6.10 Å². The maximum atomic E-state index is 5.67. The molecule has 0 aliphatic carbocycles. The highest BCUT2D eigenvalue weighted by Crippen LogP contribution is 2.12. The van der Waals surface area contributed by atoms with E-state index in [9.17, 15) is 0 Å². The molecule has 0 saturated carbocycles. The van der Waals surface area contributed by atoms with Crippen molar-refractivity contribution in [2.24, 2.45) is 0 Å². The topological polar surface area (TPSA) is 34.1 Å². The van der Waals surface area contributed by atoms with Gasteiger partial charge in [0, 0.05) is 18.9 Å². The molecule has 0 spiro atoms. The summed E-state index contributed by atoms with van der Waals surface area (Å²) < 4.78 is 5.67. The van der Waals surface area contributed by atoms with E-state index in [0.717, 1.165) is 25.3 Å². The van der Waals surface area contributed by atoms with E-state index >= 15 is 0 Å². The van der Waals surface area contributed by atoms with Crippen molar-refractivity contribution in [2.45, 2.75) is 12.5 Å². The third-order valence-electron chi connectivity index (χ3n) is 1.97. The fourth-order valence-corrected chi connectivity index (χ4v) is 1.34. The molecule has 1 unspecified atom stereocenters. The van der Waals surface area contributed by atoms with Crippen molar-refractivity contribution in [3.63, 3.8) is 0 Å². The number of pyridine rings is 1. The van der Waals surface area contributed by atoms with Gasteiger partial charge < -0.3 is 10.1 Å². The molecule has 1 aliphatic heterocycles. The summed E-state index contributed by atoms with van der Waals surface area (Å²) >= 11 is 0. The molecule has 1 aromatic heterocycles. The molecule has 2 rings (SSSR count). The van der Waals surface area contributed by atoms with Crippen molar-refractivity contribution in [2.75, 3.05) is 13.1 Å². The van der Waals surface area contributed by atoms with Crippen molar-refractivity contribution >= 4 is 24.8 Å². The average molecular weight is 237 g/mol. The van der Waals surface area contributed by atoms with Crippen LogP contribution < -0.4 is 10.1 Å². The van der Waals surface area contributed by atoms with E-state index in [1.54, 1.807) is 12.4 Å². The van der Waals surface area contributed by atoms with Gasteiger partial charge in [0.05, 0.1) is 0 Å². The van der Waals surface area contributed by atoms with Gasteiger partial charge in [-0.15, -0.1) is 24.8 Å². The Morgan fingerprint density at radius 3 is 2.57 bits per heavy atom. The maximum Gasteiger partial charge on any atom is 0.122 e. The van der Waals surface area contributed by atoms with Crippen LogP contribution in [0.2, 0.25) is 0 Å². The second-order valence-electron chi connectivity index (χ2n) is 2.92. The highest BCUT2D eigenvalue weighted by Gasteiger charge is 2.15. The Hall–Kier alpha value is -0.510. The number of nitrogens with one attached hydrogen (secondary N) is 1. The SMILES string of the molecule is Cl.Cl.c1cc(OC2CCNC2)ccn1. The van der Waals surface area contributed by atoms with E-state index in [2.05, 4.69) is 10.3 Å². The van der Waals surface area contributed by atoms with Crippen molar-refractivity contribution in [3.05, 3.63) is 24.5 Å². The first-order valence-electron chi connectivity index (χ1n) is 4.22. The second-order valence-corrected chi connectivity index (χ2v) is 2.92. The first-order valence-corrected chi connectivity index (χ1v) is 4.22. The van der Waals surface area contributed by atoms with Gasteiger partial charge in [-0.25, -0.2) is 0 Å². The molecule has 1 N–H and O–H groups in total. The molecular formula is C9H14Cl2N2O. The monoisotopic (exact) mass is 236 g/mol. The molecule has 14 heavy (non-hydrogen) atoms. The lowest BCUT2D eigenvalue weighted by atomic mass is 10.3. The molecule has 1 fully saturated rings. The highest BCUT2D eigenvalue weighted by atomic mass is 35.5. The van der Waals surface area contributed by atoms with Crippen LogP contribution in [0, 0.1) is 0 Å². The molecule has 3 nitrogen and oxygen atoms in total. The van der Waals surface area contributed by atoms with Crippen LogP contribution in [0.25, 0.3) is 0 Å². The Labute approximate surface area is 96.1 Å². The fourth-order valence-electron chi connectivity index (χ4n) is 1.34. The average Bonchev–Trinajstić information content (AvgIpc) is 2.59. The van der Waals surface area contributed by atoms with Crippen molar-refractivity contribution in [1.29, 1.82) is 0 Å². The van der Waals surface area contributed by atoms with Crippen LogP contribution in [0.1, 0.15) is 6.42 Å². The Morgan fingerprint density at radius 1 is 1.29 bits per heavy atom. The van der Waals surface area contributed by atoms with Crippen LogP contribution in [0.5, 0.6) is 5.75 Å². The van der Waals surface area contributed by atoms with E-state index in [-0.39, 0.29) is 24.8 Å². The molecule has 0 amide bonds. The third kappa shape index (κ3) is 3.70. The minimum absolute atomic E-state index is 0. The Balaban J connectivity index is 0.000000845. The van der Waals surface area contributed by atoms with E-state index in [1.165, 1.54) is 0 Å². The van der Waals surface area contributed by atoms with Gasteiger partial charge in [-0.2, -0.15) is 0 Å². The summed E-state index contributed by atoms with van der Waals surface area (Å²) in [5.74, 6) is 0.915. The second kappa shape index (κ2) is 6.87. The lowest BCUT2D eigenvalue weighted by Gasteiger charge is -2.11. The zero-order valence-corrected chi connectivity index (χ0v) is 9.31. The Kier molecular flexibility index (Phi) is 6.62. The minimum Gasteiger partial charge on any atom is -0.489 e. The van der Waals surface area contributed by atoms with Crippen LogP contribution in [0.4, 0.5) is 0 Å². The summed E-state index contributed by atoms with van der Waals surface area (Å²) in [5, 5.41) is 3.25. The van der Waals surface area contributed by atoms with Gasteiger partial charge >= 0.3 is 0 Å². The van der Waals surface area contributed by atoms with Crippen LogP contribution in [-0.2, 0) is 0 Å². The van der Waals surface area contributed by atoms with E-state index in [4.69, 9.17) is 4.74 Å². The van der Waals surface area contributed by atoms with Crippen molar-refractivity contribution in [3.8, 4) is 5.75 Å². The molecule has 5 heteroatoms. The lowest BCUT2D eigenvalue weighted by Crippen LogP contribution is -2.19. The number of nitrogens with zero attached hydrogens (tertiary/aromatic N) is 1. The van der Waals surface area contributed by atoms with E-state index in [1.807, 2.05) is 12.1 Å². The molecule has 1 aromatic rings. The number of hydrogen-bond donors (Lipinski definition) is 1. The summed E-state index contributed by atoms with van der Waals surface area (Å²) in [6.45, 7) is 2.03. The highest BCUT2D eigenvalue weighted by molar-refractivity contribution is 5.85. The first kappa shape index (κ1) is 13.5. The van der Waals surface area contributed by atoms with Gasteiger partial charge in [-0.3, -0.25) is 4.98 Å². The van der Waals surface area contributed by atoms with Crippen LogP contribution in [-0.4, -0.2) is 24.2 Å². The first-order chi connectivity index (χ1) is 5.95. The van der Waals surface area contributed by atoms with Gasteiger partial charge in [0.2, 0.25) is 0 Å². The van der Waals surface area contributed by atoms with Crippen molar-refractivity contribution < 1.29 is 4.74 Å². The summed E-state index contributed by atoms with van der Waals surface area (Å²) in [7, 11) is 0. The molecule has 2 heterocycles. The maximum absolute atomic E-state index is 5.67. The summed E-state index contributed by atoms with van der Waals surface area (Å²) in [4.78, 5) is 3.92. The summed E-state index contributed by atoms with van der Waals surface area (Å²) in [6.07, 6.45) is 4.94. The predicted octanol–water partition coefficient (Wildman–Crippen LogP) is 1.67. The number of halogens is 2. The predicted molar refractivity (Wildman–Crippen MR) is 60.6 cm³/mol. The molecule has 80 valence electrons. The summed E-state index contributed by atoms with van der Waals surface area (Å²) in [6, 6.07) is 3.77. The Bertz CT molecular complexity index is 240. The zero-order valence-electron chi connectivity index (χ0n) is 7.68. The normalized spacial score (nSPS) is 19.3. The Morgan fingerprint density at radius 2 is 2.00 bits per heavy atom. The van der Waals surface area contributed by atoms with E-state index < -0.39 is 0 Å². The number of rotatable bonds is 2. The molecule has 0 radical (unpaired) electrons. The summed E-state index contributed by atoms with van der Waals surface area (Å²) in [5.41, 5.74) is 0. The molecular weight excluding hydrogens is 223 g/mol.